The average molecular weight is 263 g/mol. The van der Waals surface area contributed by atoms with Gasteiger partial charge in [-0.15, -0.1) is 0 Å². The Labute approximate surface area is 102 Å². The Kier molecular flexibility index (Phi) is 4.34. The van der Waals surface area contributed by atoms with Crippen LogP contribution in [0.4, 0.5) is 13.2 Å². The van der Waals surface area contributed by atoms with Crippen LogP contribution < -0.4 is 0 Å². The molecule has 0 aliphatic heterocycles. The molecule has 0 unspecified atom stereocenters. The van der Waals surface area contributed by atoms with Crippen LogP contribution in [0.2, 0.25) is 0 Å². The van der Waals surface area contributed by atoms with Crippen molar-refractivity contribution >= 4 is 22.9 Å². The molecule has 92 valence electrons. The van der Waals surface area contributed by atoms with Gasteiger partial charge in [-0.05, 0) is 41.8 Å². The number of benzene rings is 1. The number of alkyl halides is 3. The number of halogens is 4. The van der Waals surface area contributed by atoms with Crippen LogP contribution in [-0.4, -0.2) is 5.24 Å². The molecule has 0 saturated carbocycles. The fourth-order valence-corrected chi connectivity index (χ4v) is 1.49. The van der Waals surface area contributed by atoms with Gasteiger partial charge in [0.2, 0.25) is 5.24 Å². The van der Waals surface area contributed by atoms with Crippen molar-refractivity contribution < 1.29 is 18.0 Å². The van der Waals surface area contributed by atoms with Gasteiger partial charge in [0.1, 0.15) is 0 Å². The minimum atomic E-state index is -4.39. The van der Waals surface area contributed by atoms with E-state index in [0.29, 0.717) is 12.0 Å². The largest absolute Gasteiger partial charge is 0.416 e. The Morgan fingerprint density at radius 2 is 2.06 bits per heavy atom. The Morgan fingerprint density at radius 3 is 2.53 bits per heavy atom. The van der Waals surface area contributed by atoms with Gasteiger partial charge in [0.15, 0.2) is 0 Å². The van der Waals surface area contributed by atoms with Crippen LogP contribution in [0.15, 0.2) is 29.8 Å². The second-order valence-corrected chi connectivity index (χ2v) is 3.76. The molecule has 1 nitrogen and oxygen atoms in total. The third-order valence-corrected chi connectivity index (χ3v) is 2.43. The highest BCUT2D eigenvalue weighted by molar-refractivity contribution is 6.68. The van der Waals surface area contributed by atoms with E-state index >= 15 is 0 Å². The van der Waals surface area contributed by atoms with E-state index in [0.717, 1.165) is 12.1 Å². The maximum atomic E-state index is 12.4. The van der Waals surface area contributed by atoms with Crippen molar-refractivity contribution in [2.75, 3.05) is 0 Å². The highest BCUT2D eigenvalue weighted by Gasteiger charge is 2.30. The molecule has 0 aromatic heterocycles. The summed E-state index contributed by atoms with van der Waals surface area (Å²) >= 11 is 5.29. The topological polar surface area (TPSA) is 17.1 Å². The van der Waals surface area contributed by atoms with Crippen molar-refractivity contribution in [3.8, 4) is 0 Å². The summed E-state index contributed by atoms with van der Waals surface area (Å²) in [6, 6.07) is 4.74. The molecule has 0 radical (unpaired) electrons. The predicted molar refractivity (Wildman–Crippen MR) is 60.6 cm³/mol. The van der Waals surface area contributed by atoms with Gasteiger partial charge in [-0.1, -0.05) is 19.1 Å². The predicted octanol–water partition coefficient (Wildman–Crippen LogP) is 4.26. The first-order valence-electron chi connectivity index (χ1n) is 4.92. The van der Waals surface area contributed by atoms with E-state index in [2.05, 4.69) is 0 Å². The molecular weight excluding hydrogens is 253 g/mol. The zero-order valence-electron chi connectivity index (χ0n) is 9.01. The van der Waals surface area contributed by atoms with Crippen LogP contribution in [-0.2, 0) is 11.0 Å². The lowest BCUT2D eigenvalue weighted by atomic mass is 10.1. The highest BCUT2D eigenvalue weighted by Crippen LogP contribution is 2.30. The van der Waals surface area contributed by atoms with Gasteiger partial charge in [0.25, 0.3) is 0 Å². The lowest BCUT2D eigenvalue weighted by Gasteiger charge is -2.07. The highest BCUT2D eigenvalue weighted by atomic mass is 35.5. The molecule has 0 heterocycles. The molecule has 0 N–H and O–H groups in total. The zero-order valence-corrected chi connectivity index (χ0v) is 9.77. The first-order chi connectivity index (χ1) is 7.84. The van der Waals surface area contributed by atoms with Crippen molar-refractivity contribution in [2.45, 2.75) is 19.5 Å². The van der Waals surface area contributed by atoms with Gasteiger partial charge >= 0.3 is 6.18 Å². The van der Waals surface area contributed by atoms with Gasteiger partial charge in [0.05, 0.1) is 5.56 Å². The molecule has 0 saturated heterocycles. The van der Waals surface area contributed by atoms with Crippen LogP contribution in [0.1, 0.15) is 24.5 Å². The van der Waals surface area contributed by atoms with Gasteiger partial charge in [-0.3, -0.25) is 4.79 Å². The Balaban J connectivity index is 3.12. The molecule has 0 amide bonds. The second-order valence-electron chi connectivity index (χ2n) is 3.42. The number of rotatable bonds is 3. The molecule has 5 heteroatoms. The Bertz CT molecular complexity index is 449. The van der Waals surface area contributed by atoms with E-state index in [-0.39, 0.29) is 5.57 Å². The molecule has 1 aromatic carbocycles. The fraction of sp³-hybridized carbons (Fsp3) is 0.250. The normalized spacial score (nSPS) is 12.6. The van der Waals surface area contributed by atoms with Gasteiger partial charge in [0, 0.05) is 5.57 Å². The van der Waals surface area contributed by atoms with E-state index < -0.39 is 17.0 Å². The second kappa shape index (κ2) is 5.36. The van der Waals surface area contributed by atoms with E-state index in [1.165, 1.54) is 18.2 Å². The summed E-state index contributed by atoms with van der Waals surface area (Å²) in [5.41, 5.74) is -0.152. The molecule has 1 rings (SSSR count). The number of hydrogen-bond donors (Lipinski definition) is 0. The van der Waals surface area contributed by atoms with Crippen LogP contribution in [0.25, 0.3) is 6.08 Å². The first kappa shape index (κ1) is 13.8. The van der Waals surface area contributed by atoms with Crippen molar-refractivity contribution in [3.63, 3.8) is 0 Å². The molecule has 0 bridgehead atoms. The molecule has 0 aliphatic rings. The summed E-state index contributed by atoms with van der Waals surface area (Å²) < 4.78 is 37.3. The summed E-state index contributed by atoms with van der Waals surface area (Å²) in [6.45, 7) is 1.71. The SMILES string of the molecule is CC/C(=C\c1cccc(C(F)(F)F)c1)C(=O)Cl. The maximum Gasteiger partial charge on any atom is 0.416 e. The number of carbonyl (C=O) groups is 1. The van der Waals surface area contributed by atoms with Gasteiger partial charge in [-0.25, -0.2) is 0 Å². The standard InChI is InChI=1S/C12H10ClF3O/c1-2-9(11(13)17)6-8-4-3-5-10(7-8)12(14,15)16/h3-7H,2H2,1H3/b9-6+. The maximum absolute atomic E-state index is 12.4. The molecule has 0 fully saturated rings. The molecule has 0 aliphatic carbocycles. The Hall–Kier alpha value is -1.29. The van der Waals surface area contributed by atoms with Crippen LogP contribution in [0, 0.1) is 0 Å². The van der Waals surface area contributed by atoms with Crippen molar-refractivity contribution in [3.05, 3.63) is 41.0 Å². The summed E-state index contributed by atoms with van der Waals surface area (Å²) in [7, 11) is 0. The molecule has 1 aromatic rings. The molecule has 0 atom stereocenters. The monoisotopic (exact) mass is 262 g/mol. The third kappa shape index (κ3) is 3.89. The van der Waals surface area contributed by atoms with E-state index in [1.807, 2.05) is 0 Å². The van der Waals surface area contributed by atoms with Crippen molar-refractivity contribution in [2.24, 2.45) is 0 Å². The minimum Gasteiger partial charge on any atom is -0.276 e. The van der Waals surface area contributed by atoms with Gasteiger partial charge in [-0.2, -0.15) is 13.2 Å². The van der Waals surface area contributed by atoms with Crippen molar-refractivity contribution in [1.29, 1.82) is 0 Å². The molecule has 0 spiro atoms. The summed E-state index contributed by atoms with van der Waals surface area (Å²) in [5, 5.41) is -0.648. The van der Waals surface area contributed by atoms with Gasteiger partial charge < -0.3 is 0 Å². The summed E-state index contributed by atoms with van der Waals surface area (Å²) in [4.78, 5) is 10.9. The lowest BCUT2D eigenvalue weighted by Crippen LogP contribution is -2.04. The quantitative estimate of drug-likeness (QED) is 0.587. The summed E-state index contributed by atoms with van der Waals surface area (Å²) in [5.74, 6) is 0. The number of carbonyl (C=O) groups excluding carboxylic acids is 1. The minimum absolute atomic E-state index is 0.283. The third-order valence-electron chi connectivity index (χ3n) is 2.19. The lowest BCUT2D eigenvalue weighted by molar-refractivity contribution is -0.137. The van der Waals surface area contributed by atoms with Crippen LogP contribution in [0.3, 0.4) is 0 Å². The summed E-state index contributed by atoms with van der Waals surface area (Å²) in [6.07, 6.45) is -2.65. The fourth-order valence-electron chi connectivity index (χ4n) is 1.30. The van der Waals surface area contributed by atoms with E-state index in [9.17, 15) is 18.0 Å². The number of allylic oxidation sites excluding steroid dienone is 1. The molecule has 17 heavy (non-hydrogen) atoms. The average Bonchev–Trinajstić information content (AvgIpc) is 2.24. The van der Waals surface area contributed by atoms with Crippen LogP contribution in [0.5, 0.6) is 0 Å². The smallest absolute Gasteiger partial charge is 0.276 e. The zero-order chi connectivity index (χ0) is 13.1. The van der Waals surface area contributed by atoms with Crippen LogP contribution >= 0.6 is 11.6 Å². The molecular formula is C12H10ClF3O. The van der Waals surface area contributed by atoms with Crippen molar-refractivity contribution in [1.82, 2.24) is 0 Å². The van der Waals surface area contributed by atoms with E-state index in [1.54, 1.807) is 6.92 Å². The first-order valence-corrected chi connectivity index (χ1v) is 5.30. The van der Waals surface area contributed by atoms with E-state index in [4.69, 9.17) is 11.6 Å². The Morgan fingerprint density at radius 1 is 1.41 bits per heavy atom. The number of hydrogen-bond acceptors (Lipinski definition) is 1.